The van der Waals surface area contributed by atoms with Gasteiger partial charge >= 0.3 is 12.0 Å². The van der Waals surface area contributed by atoms with Crippen molar-refractivity contribution in [3.63, 3.8) is 0 Å². The number of thiazole rings is 1. The highest BCUT2D eigenvalue weighted by Crippen LogP contribution is 2.36. The number of hydrogen-bond donors (Lipinski definition) is 2. The first-order chi connectivity index (χ1) is 17.8. The third-order valence-corrected chi connectivity index (χ3v) is 7.72. The molecule has 1 saturated heterocycles. The van der Waals surface area contributed by atoms with Gasteiger partial charge in [-0.2, -0.15) is 0 Å². The van der Waals surface area contributed by atoms with Crippen LogP contribution in [0.4, 0.5) is 15.6 Å². The van der Waals surface area contributed by atoms with Gasteiger partial charge in [0.2, 0.25) is 0 Å². The molecule has 0 bridgehead atoms. The van der Waals surface area contributed by atoms with Gasteiger partial charge in [-0.3, -0.25) is 10.1 Å². The fourth-order valence-corrected chi connectivity index (χ4v) is 5.41. The van der Waals surface area contributed by atoms with Gasteiger partial charge in [-0.15, -0.1) is 11.3 Å². The number of carbonyl (C=O) groups is 2. The van der Waals surface area contributed by atoms with Crippen LogP contribution in [-0.2, 0) is 14.9 Å². The van der Waals surface area contributed by atoms with Crippen molar-refractivity contribution in [1.82, 2.24) is 10.3 Å². The summed E-state index contributed by atoms with van der Waals surface area (Å²) in [6, 6.07) is 15.0. The first kappa shape index (κ1) is 26.5. The molecule has 2 N–H and O–H groups in total. The number of ether oxygens (including phenoxy) is 2. The van der Waals surface area contributed by atoms with Crippen molar-refractivity contribution < 1.29 is 19.1 Å². The number of hydrogen-bond acceptors (Lipinski definition) is 7. The Morgan fingerprint density at radius 2 is 1.70 bits per heavy atom. The van der Waals surface area contributed by atoms with Gasteiger partial charge in [-0.25, -0.2) is 9.78 Å². The lowest BCUT2D eigenvalue weighted by atomic mass is 9.80. The molecule has 0 radical (unpaired) electrons. The van der Waals surface area contributed by atoms with E-state index in [0.29, 0.717) is 22.1 Å². The van der Waals surface area contributed by atoms with Crippen molar-refractivity contribution in [2.24, 2.45) is 0 Å². The van der Waals surface area contributed by atoms with Gasteiger partial charge in [-0.1, -0.05) is 24.3 Å². The lowest BCUT2D eigenvalue weighted by Gasteiger charge is -2.29. The van der Waals surface area contributed by atoms with Crippen LogP contribution in [0.1, 0.15) is 56.0 Å². The molecule has 37 heavy (non-hydrogen) atoms. The van der Waals surface area contributed by atoms with Gasteiger partial charge in [0.25, 0.3) is 0 Å². The van der Waals surface area contributed by atoms with E-state index < -0.39 is 11.4 Å². The van der Waals surface area contributed by atoms with E-state index in [4.69, 9.17) is 9.47 Å². The summed E-state index contributed by atoms with van der Waals surface area (Å²) in [5, 5.41) is 7.93. The molecule has 1 aliphatic heterocycles. The lowest BCUT2D eigenvalue weighted by Crippen LogP contribution is -2.35. The van der Waals surface area contributed by atoms with Crippen molar-refractivity contribution in [2.75, 3.05) is 37.5 Å². The number of piperidine rings is 1. The highest BCUT2D eigenvalue weighted by molar-refractivity contribution is 7.14. The average molecular weight is 523 g/mol. The Kier molecular flexibility index (Phi) is 8.33. The van der Waals surface area contributed by atoms with Crippen LogP contribution in [0, 0.1) is 0 Å². The molecule has 0 aliphatic carbocycles. The number of anilines is 2. The van der Waals surface area contributed by atoms with Crippen LogP contribution >= 0.6 is 11.3 Å². The second kappa shape index (κ2) is 11.6. The van der Waals surface area contributed by atoms with Crippen LogP contribution in [-0.4, -0.2) is 44.3 Å². The summed E-state index contributed by atoms with van der Waals surface area (Å²) in [7, 11) is 2.94. The highest BCUT2D eigenvalue weighted by atomic mass is 32.1. The predicted molar refractivity (Wildman–Crippen MR) is 147 cm³/mol. The molecule has 196 valence electrons. The molecular weight excluding hydrogens is 488 g/mol. The summed E-state index contributed by atoms with van der Waals surface area (Å²) in [6.45, 7) is 5.90. The predicted octanol–water partition coefficient (Wildman–Crippen LogP) is 5.50. The van der Waals surface area contributed by atoms with E-state index in [-0.39, 0.29) is 12.1 Å². The van der Waals surface area contributed by atoms with Gasteiger partial charge in [0.1, 0.15) is 11.2 Å². The Morgan fingerprint density at radius 3 is 2.32 bits per heavy atom. The largest absolute Gasteiger partial charge is 0.497 e. The number of carbonyl (C=O) groups excluding carboxylic acids is 2. The second-order valence-corrected chi connectivity index (χ2v) is 10.2. The molecule has 8 nitrogen and oxygen atoms in total. The van der Waals surface area contributed by atoms with E-state index in [1.54, 1.807) is 31.5 Å². The highest BCUT2D eigenvalue weighted by Gasteiger charge is 2.41. The zero-order valence-electron chi connectivity index (χ0n) is 21.7. The quantitative estimate of drug-likeness (QED) is 0.379. The van der Waals surface area contributed by atoms with Gasteiger partial charge in [0.05, 0.1) is 26.0 Å². The molecule has 0 saturated carbocycles. The van der Waals surface area contributed by atoms with E-state index in [9.17, 15) is 9.59 Å². The number of rotatable bonds is 8. The zero-order chi connectivity index (χ0) is 26.4. The number of benzene rings is 2. The molecule has 9 heteroatoms. The number of aromatic nitrogens is 1. The van der Waals surface area contributed by atoms with E-state index in [0.717, 1.165) is 18.7 Å². The first-order valence-electron chi connectivity index (χ1n) is 12.5. The second-order valence-electron chi connectivity index (χ2n) is 9.34. The third-order valence-electron chi connectivity index (χ3n) is 6.96. The topological polar surface area (TPSA) is 92.8 Å². The summed E-state index contributed by atoms with van der Waals surface area (Å²) in [4.78, 5) is 32.6. The molecule has 2 heterocycles. The fraction of sp³-hybridized carbons (Fsp3) is 0.393. The molecule has 1 fully saturated rings. The fourth-order valence-electron chi connectivity index (χ4n) is 4.60. The molecule has 2 unspecified atom stereocenters. The van der Waals surface area contributed by atoms with E-state index >= 15 is 0 Å². The Hall–Kier alpha value is -3.59. The Balaban J connectivity index is 1.42. The molecule has 0 spiro atoms. The maximum absolute atomic E-state index is 12.9. The third kappa shape index (κ3) is 5.88. The average Bonchev–Trinajstić information content (AvgIpc) is 3.41. The lowest BCUT2D eigenvalue weighted by molar-refractivity contribution is -0.145. The van der Waals surface area contributed by atoms with E-state index in [1.165, 1.54) is 43.4 Å². The number of methoxy groups -OCH3 is 2. The van der Waals surface area contributed by atoms with Crippen molar-refractivity contribution in [3.05, 3.63) is 70.7 Å². The molecule has 2 amide bonds. The smallest absolute Gasteiger partial charge is 0.322 e. The van der Waals surface area contributed by atoms with Gasteiger partial charge < -0.3 is 19.7 Å². The number of nitrogens with one attached hydrogen (secondary N) is 2. The van der Waals surface area contributed by atoms with Crippen LogP contribution in [0.2, 0.25) is 0 Å². The molecule has 4 rings (SSSR count). The summed E-state index contributed by atoms with van der Waals surface area (Å²) in [6.07, 6.45) is 3.77. The van der Waals surface area contributed by atoms with Crippen molar-refractivity contribution >= 4 is 34.2 Å². The summed E-state index contributed by atoms with van der Waals surface area (Å²) in [5.41, 5.74) is 2.31. The van der Waals surface area contributed by atoms with E-state index in [1.807, 2.05) is 19.1 Å². The van der Waals surface area contributed by atoms with Gasteiger partial charge in [-0.05, 0) is 68.5 Å². The van der Waals surface area contributed by atoms with Crippen molar-refractivity contribution in [2.45, 2.75) is 44.6 Å². The van der Waals surface area contributed by atoms with Crippen LogP contribution in [0.3, 0.4) is 0 Å². The molecule has 3 aromatic rings. The minimum absolute atomic E-state index is 0.186. The summed E-state index contributed by atoms with van der Waals surface area (Å²) in [5.74, 6) is 0.240. The SMILES string of the molecule is COC(=O)C(C)(c1ccc(OC)cc1)c1csc(NC(=O)NC(C)c2ccc(N3CCCCC3)cc2)n1. The van der Waals surface area contributed by atoms with Crippen LogP contribution in [0.25, 0.3) is 0 Å². The minimum Gasteiger partial charge on any atom is -0.497 e. The number of amides is 2. The standard InChI is InChI=1S/C28H34N4O4S/c1-19(20-8-12-22(13-9-20)32-16-6-5-7-17-32)29-26(34)31-27-30-24(18-37-27)28(2,25(33)36-4)21-10-14-23(35-3)15-11-21/h8-15,18-19H,5-7,16-17H2,1-4H3,(H2,29,30,31,34). The number of urea groups is 1. The molecule has 1 aliphatic rings. The minimum atomic E-state index is -1.14. The van der Waals surface area contributed by atoms with Crippen LogP contribution < -0.4 is 20.3 Å². The maximum Gasteiger partial charge on any atom is 0.322 e. The summed E-state index contributed by atoms with van der Waals surface area (Å²) >= 11 is 1.25. The van der Waals surface area contributed by atoms with Crippen LogP contribution in [0.15, 0.2) is 53.9 Å². The summed E-state index contributed by atoms with van der Waals surface area (Å²) < 4.78 is 10.3. The Labute approximate surface area is 222 Å². The van der Waals surface area contributed by atoms with Crippen molar-refractivity contribution in [3.8, 4) is 5.75 Å². The number of esters is 1. The molecule has 2 aromatic carbocycles. The molecule has 1 aromatic heterocycles. The van der Waals surface area contributed by atoms with Gasteiger partial charge in [0, 0.05) is 24.2 Å². The molecular formula is C28H34N4O4S. The maximum atomic E-state index is 12.9. The molecule has 2 atom stereocenters. The van der Waals surface area contributed by atoms with Crippen molar-refractivity contribution in [1.29, 1.82) is 0 Å². The Morgan fingerprint density at radius 1 is 1.03 bits per heavy atom. The Bertz CT molecular complexity index is 1210. The van der Waals surface area contributed by atoms with Gasteiger partial charge in [0.15, 0.2) is 5.13 Å². The van der Waals surface area contributed by atoms with E-state index in [2.05, 4.69) is 44.8 Å². The monoisotopic (exact) mass is 522 g/mol. The first-order valence-corrected chi connectivity index (χ1v) is 13.3. The zero-order valence-corrected chi connectivity index (χ0v) is 22.6. The van der Waals surface area contributed by atoms with Crippen LogP contribution in [0.5, 0.6) is 5.75 Å². The number of nitrogens with zero attached hydrogens (tertiary/aromatic N) is 2. The normalized spacial score (nSPS) is 15.8.